The van der Waals surface area contributed by atoms with E-state index in [1.807, 2.05) is 0 Å². The van der Waals surface area contributed by atoms with Gasteiger partial charge in [-0.3, -0.25) is 14.9 Å². The van der Waals surface area contributed by atoms with Gasteiger partial charge in [0.15, 0.2) is 0 Å². The van der Waals surface area contributed by atoms with Crippen molar-refractivity contribution >= 4 is 34.6 Å². The number of carbonyl (C=O) groups is 1. The first-order valence-electron chi connectivity index (χ1n) is 8.52. The Labute approximate surface area is 159 Å². The van der Waals surface area contributed by atoms with Crippen LogP contribution in [0.25, 0.3) is 0 Å². The van der Waals surface area contributed by atoms with E-state index in [-0.39, 0.29) is 11.4 Å². The zero-order valence-corrected chi connectivity index (χ0v) is 14.9. The SMILES string of the molecule is O=C1C(F)N=C(c2ccccc2Cl)c2cc([N+](=O)[O-])ccc2N1CC1CC1. The summed E-state index contributed by atoms with van der Waals surface area (Å²) in [6, 6.07) is 10.8. The van der Waals surface area contributed by atoms with Gasteiger partial charge in [-0.25, -0.2) is 9.38 Å². The van der Waals surface area contributed by atoms with Crippen molar-refractivity contribution in [2.45, 2.75) is 19.1 Å². The van der Waals surface area contributed by atoms with E-state index in [2.05, 4.69) is 4.99 Å². The van der Waals surface area contributed by atoms with Crippen LogP contribution in [0.4, 0.5) is 15.8 Å². The number of carbonyl (C=O) groups excluding carboxylic acids is 1. The number of rotatable bonds is 4. The Kier molecular flexibility index (Phi) is 4.39. The Morgan fingerprint density at radius 3 is 2.63 bits per heavy atom. The highest BCUT2D eigenvalue weighted by molar-refractivity contribution is 6.36. The predicted octanol–water partition coefficient (Wildman–Crippen LogP) is 4.14. The minimum Gasteiger partial charge on any atom is -0.307 e. The maximum Gasteiger partial charge on any atom is 0.284 e. The van der Waals surface area contributed by atoms with E-state index in [9.17, 15) is 19.3 Å². The first kappa shape index (κ1) is 17.6. The van der Waals surface area contributed by atoms with Crippen molar-refractivity contribution in [3.8, 4) is 0 Å². The first-order valence-corrected chi connectivity index (χ1v) is 8.90. The van der Waals surface area contributed by atoms with Gasteiger partial charge in [-0.15, -0.1) is 0 Å². The van der Waals surface area contributed by atoms with Gasteiger partial charge in [0.05, 0.1) is 16.3 Å². The van der Waals surface area contributed by atoms with Crippen LogP contribution in [0.1, 0.15) is 24.0 Å². The van der Waals surface area contributed by atoms with Gasteiger partial charge in [-0.05, 0) is 30.9 Å². The lowest BCUT2D eigenvalue weighted by Crippen LogP contribution is -2.37. The van der Waals surface area contributed by atoms with Crippen molar-refractivity contribution in [1.82, 2.24) is 0 Å². The Hall–Kier alpha value is -2.80. The van der Waals surface area contributed by atoms with Crippen molar-refractivity contribution in [2.75, 3.05) is 11.4 Å². The number of non-ortho nitro benzene ring substituents is 1. The summed E-state index contributed by atoms with van der Waals surface area (Å²) in [5, 5.41) is 11.6. The number of aliphatic imine (C=N–C) groups is 1. The molecule has 0 saturated heterocycles. The molecule has 1 heterocycles. The van der Waals surface area contributed by atoms with Gasteiger partial charge in [-0.1, -0.05) is 29.8 Å². The number of hydrogen-bond donors (Lipinski definition) is 0. The monoisotopic (exact) mass is 387 g/mol. The van der Waals surface area contributed by atoms with Gasteiger partial charge in [0, 0.05) is 34.8 Å². The lowest BCUT2D eigenvalue weighted by Gasteiger charge is -2.23. The number of hydrogen-bond acceptors (Lipinski definition) is 4. The van der Waals surface area contributed by atoms with Crippen molar-refractivity contribution in [3.63, 3.8) is 0 Å². The molecule has 0 bridgehead atoms. The molecule has 1 fully saturated rings. The molecule has 1 unspecified atom stereocenters. The second kappa shape index (κ2) is 6.74. The molecular formula is C19H15ClFN3O3. The normalized spacial score (nSPS) is 19.3. The summed E-state index contributed by atoms with van der Waals surface area (Å²) in [4.78, 5) is 28.7. The van der Waals surface area contributed by atoms with E-state index in [1.165, 1.54) is 23.1 Å². The van der Waals surface area contributed by atoms with Gasteiger partial charge in [0.2, 0.25) is 0 Å². The molecule has 138 valence electrons. The molecule has 0 N–H and O–H groups in total. The average Bonchev–Trinajstić information content (AvgIpc) is 3.48. The van der Waals surface area contributed by atoms with Gasteiger partial charge in [0.25, 0.3) is 17.9 Å². The molecular weight excluding hydrogens is 373 g/mol. The minimum atomic E-state index is -2.10. The number of nitrogens with zero attached hydrogens (tertiary/aromatic N) is 3. The Morgan fingerprint density at radius 1 is 1.22 bits per heavy atom. The zero-order chi connectivity index (χ0) is 19.1. The largest absolute Gasteiger partial charge is 0.307 e. The number of anilines is 1. The van der Waals surface area contributed by atoms with E-state index in [0.717, 1.165) is 12.8 Å². The second-order valence-corrected chi connectivity index (χ2v) is 7.05. The number of alkyl halides is 1. The molecule has 8 heteroatoms. The molecule has 0 radical (unpaired) electrons. The summed E-state index contributed by atoms with van der Waals surface area (Å²) < 4.78 is 14.7. The highest BCUT2D eigenvalue weighted by Gasteiger charge is 2.36. The molecule has 1 amide bonds. The van der Waals surface area contributed by atoms with Crippen molar-refractivity contribution in [3.05, 3.63) is 68.7 Å². The number of benzene rings is 2. The topological polar surface area (TPSA) is 75.8 Å². The second-order valence-electron chi connectivity index (χ2n) is 6.64. The summed E-state index contributed by atoms with van der Waals surface area (Å²) in [5.41, 5.74) is 1.13. The molecule has 1 aliphatic heterocycles. The summed E-state index contributed by atoms with van der Waals surface area (Å²) in [5.74, 6) is -0.454. The minimum absolute atomic E-state index is 0.137. The van der Waals surface area contributed by atoms with E-state index >= 15 is 0 Å². The lowest BCUT2D eigenvalue weighted by atomic mass is 9.99. The molecule has 27 heavy (non-hydrogen) atoms. The highest BCUT2D eigenvalue weighted by atomic mass is 35.5. The van der Waals surface area contributed by atoms with Gasteiger partial charge in [-0.2, -0.15) is 0 Å². The lowest BCUT2D eigenvalue weighted by molar-refractivity contribution is -0.384. The third-order valence-electron chi connectivity index (χ3n) is 4.72. The third kappa shape index (κ3) is 3.30. The highest BCUT2D eigenvalue weighted by Crippen LogP contribution is 2.37. The van der Waals surface area contributed by atoms with E-state index < -0.39 is 17.1 Å². The molecule has 4 rings (SSSR count). The third-order valence-corrected chi connectivity index (χ3v) is 5.05. The Morgan fingerprint density at radius 2 is 1.96 bits per heavy atom. The summed E-state index contributed by atoms with van der Waals surface area (Å²) in [7, 11) is 0. The van der Waals surface area contributed by atoms with Gasteiger partial charge in [0.1, 0.15) is 0 Å². The molecule has 1 aliphatic carbocycles. The number of nitro groups is 1. The fourth-order valence-electron chi connectivity index (χ4n) is 3.16. The average molecular weight is 388 g/mol. The fourth-order valence-corrected chi connectivity index (χ4v) is 3.39. The predicted molar refractivity (Wildman–Crippen MR) is 100 cm³/mol. The quantitative estimate of drug-likeness (QED) is 0.449. The van der Waals surface area contributed by atoms with Crippen LogP contribution in [0.3, 0.4) is 0 Å². The number of halogens is 2. The first-order chi connectivity index (χ1) is 13.0. The smallest absolute Gasteiger partial charge is 0.284 e. The molecule has 2 aliphatic rings. The van der Waals surface area contributed by atoms with Crippen LogP contribution in [0.15, 0.2) is 47.5 Å². The van der Waals surface area contributed by atoms with Gasteiger partial charge < -0.3 is 4.90 Å². The number of fused-ring (bicyclic) bond motifs is 1. The number of amides is 1. The summed E-state index contributed by atoms with van der Waals surface area (Å²) >= 11 is 6.26. The van der Waals surface area contributed by atoms with Crippen LogP contribution in [0, 0.1) is 16.0 Å². The van der Waals surface area contributed by atoms with Crippen LogP contribution in [0.2, 0.25) is 5.02 Å². The Balaban J connectivity index is 1.94. The molecule has 2 aromatic carbocycles. The van der Waals surface area contributed by atoms with Crippen LogP contribution in [-0.4, -0.2) is 29.4 Å². The summed E-state index contributed by atoms with van der Waals surface area (Å²) in [6.45, 7) is 0.370. The molecule has 2 aromatic rings. The molecule has 0 aromatic heterocycles. The van der Waals surface area contributed by atoms with Crippen LogP contribution >= 0.6 is 11.6 Å². The van der Waals surface area contributed by atoms with Crippen molar-refractivity contribution < 1.29 is 14.1 Å². The van der Waals surface area contributed by atoms with E-state index in [4.69, 9.17) is 11.6 Å². The van der Waals surface area contributed by atoms with Crippen LogP contribution in [0.5, 0.6) is 0 Å². The van der Waals surface area contributed by atoms with Crippen LogP contribution < -0.4 is 4.90 Å². The van der Waals surface area contributed by atoms with Gasteiger partial charge >= 0.3 is 0 Å². The molecule has 1 saturated carbocycles. The summed E-state index contributed by atoms with van der Waals surface area (Å²) in [6.07, 6.45) is -0.149. The van der Waals surface area contributed by atoms with Crippen molar-refractivity contribution in [2.24, 2.45) is 10.9 Å². The Bertz CT molecular complexity index is 974. The van der Waals surface area contributed by atoms with Crippen molar-refractivity contribution in [1.29, 1.82) is 0 Å². The molecule has 0 spiro atoms. The number of benzodiazepines with no additional fused rings is 1. The molecule has 1 atom stereocenters. The zero-order valence-electron chi connectivity index (χ0n) is 14.1. The van der Waals surface area contributed by atoms with E-state index in [0.29, 0.717) is 34.3 Å². The maximum atomic E-state index is 14.7. The standard InChI is InChI=1S/C19H15ClFN3O3/c20-15-4-2-1-3-13(15)17-14-9-12(24(26)27)7-8-16(14)23(10-11-5-6-11)19(25)18(21)22-17/h1-4,7-9,11,18H,5-6,10H2. The van der Waals surface area contributed by atoms with Crippen LogP contribution in [-0.2, 0) is 4.79 Å². The fraction of sp³-hybridized carbons (Fsp3) is 0.263. The maximum absolute atomic E-state index is 14.7. The molecule has 6 nitrogen and oxygen atoms in total. The number of nitro benzene ring substituents is 1. The van der Waals surface area contributed by atoms with E-state index in [1.54, 1.807) is 24.3 Å².